The van der Waals surface area contributed by atoms with Crippen LogP contribution in [0.1, 0.15) is 19.4 Å². The van der Waals surface area contributed by atoms with Crippen LogP contribution in [0.3, 0.4) is 0 Å². The monoisotopic (exact) mass is 330 g/mol. The van der Waals surface area contributed by atoms with E-state index in [1.807, 2.05) is 0 Å². The Morgan fingerprint density at radius 1 is 1.18 bits per heavy atom. The minimum atomic E-state index is -3.43. The highest BCUT2D eigenvalue weighted by Gasteiger charge is 2.28. The third-order valence-electron chi connectivity index (χ3n) is 2.67. The van der Waals surface area contributed by atoms with Gasteiger partial charge < -0.3 is 13.8 Å². The molecule has 122 valence electrons. The van der Waals surface area contributed by atoms with Gasteiger partial charge in [0.1, 0.15) is 5.82 Å². The van der Waals surface area contributed by atoms with Gasteiger partial charge in [-0.15, -0.1) is 0 Å². The van der Waals surface area contributed by atoms with Crippen molar-refractivity contribution in [3.63, 3.8) is 0 Å². The van der Waals surface area contributed by atoms with Crippen LogP contribution in [0.25, 0.3) is 6.08 Å². The summed E-state index contributed by atoms with van der Waals surface area (Å²) in [5.74, 6) is -1.02. The average Bonchev–Trinajstić information content (AvgIpc) is 2.48. The van der Waals surface area contributed by atoms with Crippen molar-refractivity contribution >= 4 is 19.6 Å². The Labute approximate surface area is 129 Å². The quantitative estimate of drug-likeness (QED) is 0.414. The van der Waals surface area contributed by atoms with Gasteiger partial charge in [-0.1, -0.05) is 12.1 Å². The van der Waals surface area contributed by atoms with E-state index >= 15 is 0 Å². The molecule has 0 aromatic heterocycles. The minimum Gasteiger partial charge on any atom is -0.466 e. The molecule has 1 rings (SSSR count). The normalized spacial score (nSPS) is 12.3. The van der Waals surface area contributed by atoms with E-state index in [1.54, 1.807) is 13.8 Å². The number of halogens is 1. The highest BCUT2D eigenvalue weighted by molar-refractivity contribution is 7.54. The van der Waals surface area contributed by atoms with Gasteiger partial charge >= 0.3 is 13.6 Å². The van der Waals surface area contributed by atoms with Crippen LogP contribution < -0.4 is 0 Å². The van der Waals surface area contributed by atoms with Crippen LogP contribution in [0.5, 0.6) is 0 Å². The molecule has 0 spiro atoms. The summed E-state index contributed by atoms with van der Waals surface area (Å²) in [6.45, 7) is 3.77. The molecule has 0 heterocycles. The molecule has 7 heteroatoms. The maximum Gasteiger partial charge on any atom is 0.335 e. The molecule has 5 nitrogen and oxygen atoms in total. The van der Waals surface area contributed by atoms with Gasteiger partial charge in [-0.3, -0.25) is 4.57 Å². The molecule has 0 fully saturated rings. The lowest BCUT2D eigenvalue weighted by Gasteiger charge is -2.17. The van der Waals surface area contributed by atoms with Crippen LogP contribution in [0.15, 0.2) is 29.8 Å². The van der Waals surface area contributed by atoms with Crippen molar-refractivity contribution in [2.75, 3.05) is 26.5 Å². The number of carbonyl (C=O) groups excluding carboxylic acids is 1. The molecule has 0 bridgehead atoms. The summed E-state index contributed by atoms with van der Waals surface area (Å²) in [5, 5.41) is 0. The first-order valence-electron chi connectivity index (χ1n) is 6.86. The van der Waals surface area contributed by atoms with Gasteiger partial charge in [-0.05, 0) is 37.6 Å². The number of methoxy groups -OCH3 is 1. The van der Waals surface area contributed by atoms with E-state index < -0.39 is 13.6 Å². The van der Waals surface area contributed by atoms with Crippen molar-refractivity contribution in [2.24, 2.45) is 0 Å². The summed E-state index contributed by atoms with van der Waals surface area (Å²) >= 11 is 0. The number of esters is 1. The summed E-state index contributed by atoms with van der Waals surface area (Å²) in [4.78, 5) is 11.9. The standard InChI is InChI=1S/C15H20FO5P/c1-4-20-22(18,21-5-2)11-13(15(17)19-3)10-12-6-8-14(16)9-7-12/h6-10H,4-5,11H2,1-3H3/b13-10+. The Morgan fingerprint density at radius 2 is 1.73 bits per heavy atom. The molecule has 0 amide bonds. The number of carbonyl (C=O) groups is 1. The van der Waals surface area contributed by atoms with Crippen molar-refractivity contribution in [1.29, 1.82) is 0 Å². The van der Waals surface area contributed by atoms with Crippen LogP contribution in [-0.2, 0) is 23.1 Å². The zero-order valence-corrected chi connectivity index (χ0v) is 13.8. The van der Waals surface area contributed by atoms with E-state index in [4.69, 9.17) is 13.8 Å². The third kappa shape index (κ3) is 5.72. The van der Waals surface area contributed by atoms with E-state index in [0.717, 1.165) is 0 Å². The van der Waals surface area contributed by atoms with Crippen molar-refractivity contribution in [1.82, 2.24) is 0 Å². The van der Waals surface area contributed by atoms with Gasteiger partial charge in [0.05, 0.1) is 26.5 Å². The SMILES string of the molecule is CCOP(=O)(C/C(=C\c1ccc(F)cc1)C(=O)OC)OCC. The fourth-order valence-corrected chi connectivity index (χ4v) is 3.47. The van der Waals surface area contributed by atoms with Crippen molar-refractivity contribution in [3.8, 4) is 0 Å². The molecular weight excluding hydrogens is 310 g/mol. The van der Waals surface area contributed by atoms with Crippen LogP contribution in [-0.4, -0.2) is 32.5 Å². The van der Waals surface area contributed by atoms with Gasteiger partial charge in [0.25, 0.3) is 0 Å². The lowest BCUT2D eigenvalue weighted by molar-refractivity contribution is -0.135. The van der Waals surface area contributed by atoms with Gasteiger partial charge in [0, 0.05) is 5.57 Å². The van der Waals surface area contributed by atoms with E-state index in [2.05, 4.69) is 0 Å². The Bertz CT molecular complexity index is 558. The molecule has 0 radical (unpaired) electrons. The number of rotatable bonds is 8. The van der Waals surface area contributed by atoms with Gasteiger partial charge in [0.15, 0.2) is 0 Å². The lowest BCUT2D eigenvalue weighted by Crippen LogP contribution is -2.11. The second-order valence-corrected chi connectivity index (χ2v) is 6.37. The van der Waals surface area contributed by atoms with Crippen molar-refractivity contribution < 1.29 is 27.5 Å². The van der Waals surface area contributed by atoms with E-state index in [0.29, 0.717) is 5.56 Å². The summed E-state index contributed by atoms with van der Waals surface area (Å²) < 4.78 is 40.5. The fourth-order valence-electron chi connectivity index (χ4n) is 1.79. The molecule has 22 heavy (non-hydrogen) atoms. The molecule has 0 aliphatic rings. The van der Waals surface area contributed by atoms with E-state index in [-0.39, 0.29) is 30.8 Å². The Kier molecular flexibility index (Phi) is 7.45. The Balaban J connectivity index is 3.09. The van der Waals surface area contributed by atoms with Gasteiger partial charge in [-0.25, -0.2) is 9.18 Å². The number of benzene rings is 1. The molecule has 0 aliphatic heterocycles. The first kappa shape index (κ1) is 18.6. The molecule has 0 N–H and O–H groups in total. The summed E-state index contributed by atoms with van der Waals surface area (Å²) in [5.41, 5.74) is 0.723. The highest BCUT2D eigenvalue weighted by atomic mass is 31.2. The predicted molar refractivity (Wildman–Crippen MR) is 82.1 cm³/mol. The number of hydrogen-bond donors (Lipinski definition) is 0. The van der Waals surface area contributed by atoms with E-state index in [1.165, 1.54) is 37.5 Å². The summed E-state index contributed by atoms with van der Waals surface area (Å²) in [7, 11) is -2.20. The molecule has 0 saturated heterocycles. The first-order chi connectivity index (χ1) is 10.4. The molecule has 0 saturated carbocycles. The maximum absolute atomic E-state index is 12.9. The van der Waals surface area contributed by atoms with Crippen LogP contribution >= 0.6 is 7.60 Å². The molecule has 0 atom stereocenters. The second-order valence-electron chi connectivity index (χ2n) is 4.32. The predicted octanol–water partition coefficient (Wildman–Crippen LogP) is 3.65. The Morgan fingerprint density at radius 3 is 2.18 bits per heavy atom. The van der Waals surface area contributed by atoms with Gasteiger partial charge in [0.2, 0.25) is 0 Å². The van der Waals surface area contributed by atoms with Crippen LogP contribution in [0.2, 0.25) is 0 Å². The highest BCUT2D eigenvalue weighted by Crippen LogP contribution is 2.49. The van der Waals surface area contributed by atoms with E-state index in [9.17, 15) is 13.8 Å². The topological polar surface area (TPSA) is 61.8 Å². The molecule has 0 unspecified atom stereocenters. The first-order valence-corrected chi connectivity index (χ1v) is 8.59. The number of ether oxygens (including phenoxy) is 1. The zero-order chi connectivity index (χ0) is 16.6. The fraction of sp³-hybridized carbons (Fsp3) is 0.400. The van der Waals surface area contributed by atoms with Crippen molar-refractivity contribution in [2.45, 2.75) is 13.8 Å². The zero-order valence-electron chi connectivity index (χ0n) is 12.9. The smallest absolute Gasteiger partial charge is 0.335 e. The minimum absolute atomic E-state index is 0.138. The van der Waals surface area contributed by atoms with Crippen molar-refractivity contribution in [3.05, 3.63) is 41.2 Å². The maximum atomic E-state index is 12.9. The largest absolute Gasteiger partial charge is 0.466 e. The van der Waals surface area contributed by atoms with Gasteiger partial charge in [-0.2, -0.15) is 0 Å². The molecular formula is C15H20FO5P. The second kappa shape index (κ2) is 8.83. The number of hydrogen-bond acceptors (Lipinski definition) is 5. The Hall–Kier alpha value is -1.49. The summed E-state index contributed by atoms with van der Waals surface area (Å²) in [6.07, 6.45) is 1.27. The molecule has 1 aromatic rings. The lowest BCUT2D eigenvalue weighted by atomic mass is 10.1. The summed E-state index contributed by atoms with van der Waals surface area (Å²) in [6, 6.07) is 5.55. The molecule has 0 aliphatic carbocycles. The molecule has 1 aromatic carbocycles. The third-order valence-corrected chi connectivity index (χ3v) is 4.71. The van der Waals surface area contributed by atoms with Crippen LogP contribution in [0.4, 0.5) is 4.39 Å². The van der Waals surface area contributed by atoms with Crippen LogP contribution in [0, 0.1) is 5.82 Å². The average molecular weight is 330 g/mol.